The van der Waals surface area contributed by atoms with E-state index in [0.29, 0.717) is 12.2 Å². The molecule has 0 saturated heterocycles. The van der Waals surface area contributed by atoms with Gasteiger partial charge in [-0.25, -0.2) is 4.39 Å². The van der Waals surface area contributed by atoms with Crippen molar-refractivity contribution in [3.8, 4) is 5.75 Å². The lowest BCUT2D eigenvalue weighted by atomic mass is 10.1. The minimum Gasteiger partial charge on any atom is -0.493 e. The highest BCUT2D eigenvalue weighted by molar-refractivity contribution is 5.22. The number of ether oxygens (including phenoxy) is 1. The molecule has 0 aliphatic rings. The minimum atomic E-state index is -0.352. The average Bonchev–Trinajstić information content (AvgIpc) is 2.24. The van der Waals surface area contributed by atoms with Crippen LogP contribution in [0.3, 0.4) is 0 Å². The number of hydrogen-bond donors (Lipinski definition) is 2. The van der Waals surface area contributed by atoms with Crippen LogP contribution in [0.2, 0.25) is 0 Å². The van der Waals surface area contributed by atoms with Crippen LogP contribution >= 0.6 is 0 Å². The standard InChI is InChI=1S/C11H15FO3/c12-10-2-1-3-11(6-10)15-8-9(7-14)4-5-13/h1-3,6,9,13-14H,4-5,7-8H2. The molecule has 0 aromatic heterocycles. The SMILES string of the molecule is OCCC(CO)COc1cccc(F)c1. The molecular weight excluding hydrogens is 199 g/mol. The van der Waals surface area contributed by atoms with Crippen LogP contribution in [0.15, 0.2) is 24.3 Å². The van der Waals surface area contributed by atoms with E-state index in [1.165, 1.54) is 12.1 Å². The molecule has 15 heavy (non-hydrogen) atoms. The first-order valence-electron chi connectivity index (χ1n) is 4.86. The van der Waals surface area contributed by atoms with E-state index in [1.807, 2.05) is 0 Å². The first-order valence-corrected chi connectivity index (χ1v) is 4.86. The molecule has 0 aliphatic carbocycles. The molecule has 2 N–H and O–H groups in total. The lowest BCUT2D eigenvalue weighted by molar-refractivity contribution is 0.134. The van der Waals surface area contributed by atoms with Crippen molar-refractivity contribution < 1.29 is 19.3 Å². The maximum absolute atomic E-state index is 12.8. The summed E-state index contributed by atoms with van der Waals surface area (Å²) in [6.07, 6.45) is 0.478. The van der Waals surface area contributed by atoms with Crippen LogP contribution < -0.4 is 4.74 Å². The predicted octanol–water partition coefficient (Wildman–Crippen LogP) is 1.20. The van der Waals surface area contributed by atoms with E-state index in [1.54, 1.807) is 12.1 Å². The highest BCUT2D eigenvalue weighted by Crippen LogP contribution is 2.13. The highest BCUT2D eigenvalue weighted by Gasteiger charge is 2.07. The molecule has 0 radical (unpaired) electrons. The maximum atomic E-state index is 12.8. The third-order valence-corrected chi connectivity index (χ3v) is 2.08. The van der Waals surface area contributed by atoms with Gasteiger partial charge < -0.3 is 14.9 Å². The van der Waals surface area contributed by atoms with Gasteiger partial charge >= 0.3 is 0 Å². The Labute approximate surface area is 88.1 Å². The van der Waals surface area contributed by atoms with Gasteiger partial charge in [-0.3, -0.25) is 0 Å². The molecule has 4 heteroatoms. The van der Waals surface area contributed by atoms with Crippen molar-refractivity contribution in [3.63, 3.8) is 0 Å². The van der Waals surface area contributed by atoms with Crippen molar-refractivity contribution in [2.75, 3.05) is 19.8 Å². The third kappa shape index (κ3) is 4.27. The van der Waals surface area contributed by atoms with Crippen molar-refractivity contribution in [1.29, 1.82) is 0 Å². The van der Waals surface area contributed by atoms with Gasteiger partial charge in [0.15, 0.2) is 0 Å². The van der Waals surface area contributed by atoms with Crippen LogP contribution in [0, 0.1) is 11.7 Å². The molecule has 0 heterocycles. The molecule has 0 saturated carbocycles. The Morgan fingerprint density at radius 1 is 1.33 bits per heavy atom. The second kappa shape index (κ2) is 6.37. The average molecular weight is 214 g/mol. The Bertz CT molecular complexity index is 291. The summed E-state index contributed by atoms with van der Waals surface area (Å²) in [5.74, 6) is -0.0279. The van der Waals surface area contributed by atoms with Gasteiger partial charge in [0, 0.05) is 25.2 Å². The lowest BCUT2D eigenvalue weighted by Gasteiger charge is -2.13. The van der Waals surface area contributed by atoms with Gasteiger partial charge in [-0.05, 0) is 18.6 Å². The van der Waals surface area contributed by atoms with Gasteiger partial charge in [-0.2, -0.15) is 0 Å². The fourth-order valence-electron chi connectivity index (χ4n) is 1.18. The van der Waals surface area contributed by atoms with Crippen molar-refractivity contribution >= 4 is 0 Å². The van der Waals surface area contributed by atoms with Crippen LogP contribution in [-0.4, -0.2) is 30.0 Å². The molecule has 0 bridgehead atoms. The summed E-state index contributed by atoms with van der Waals surface area (Å²) in [6, 6.07) is 5.83. The van der Waals surface area contributed by atoms with Gasteiger partial charge in [0.05, 0.1) is 6.61 Å². The third-order valence-electron chi connectivity index (χ3n) is 2.08. The molecule has 84 valence electrons. The molecule has 1 rings (SSSR count). The van der Waals surface area contributed by atoms with Crippen LogP contribution in [0.5, 0.6) is 5.75 Å². The van der Waals surface area contributed by atoms with E-state index < -0.39 is 0 Å². The molecule has 1 atom stereocenters. The molecule has 0 aliphatic heterocycles. The zero-order valence-electron chi connectivity index (χ0n) is 8.40. The Morgan fingerprint density at radius 3 is 2.73 bits per heavy atom. The smallest absolute Gasteiger partial charge is 0.126 e. The molecule has 1 aromatic rings. The van der Waals surface area contributed by atoms with Crippen LogP contribution in [0.1, 0.15) is 6.42 Å². The van der Waals surface area contributed by atoms with Gasteiger partial charge in [-0.15, -0.1) is 0 Å². The number of hydrogen-bond acceptors (Lipinski definition) is 3. The predicted molar refractivity (Wildman–Crippen MR) is 54.2 cm³/mol. The number of halogens is 1. The molecule has 0 spiro atoms. The van der Waals surface area contributed by atoms with Crippen molar-refractivity contribution in [2.45, 2.75) is 6.42 Å². The quantitative estimate of drug-likeness (QED) is 0.748. The highest BCUT2D eigenvalue weighted by atomic mass is 19.1. The summed E-state index contributed by atoms with van der Waals surface area (Å²) in [5.41, 5.74) is 0. The molecule has 0 fully saturated rings. The van der Waals surface area contributed by atoms with Gasteiger partial charge in [-0.1, -0.05) is 6.07 Å². The van der Waals surface area contributed by atoms with Crippen molar-refractivity contribution in [2.24, 2.45) is 5.92 Å². The second-order valence-electron chi connectivity index (χ2n) is 3.33. The summed E-state index contributed by atoms with van der Waals surface area (Å²) < 4.78 is 18.0. The van der Waals surface area contributed by atoms with Crippen molar-refractivity contribution in [1.82, 2.24) is 0 Å². The Hall–Kier alpha value is -1.13. The number of aliphatic hydroxyl groups excluding tert-OH is 2. The largest absolute Gasteiger partial charge is 0.493 e. The molecule has 1 aromatic carbocycles. The van der Waals surface area contributed by atoms with Crippen LogP contribution in [0.4, 0.5) is 4.39 Å². The fraction of sp³-hybridized carbons (Fsp3) is 0.455. The second-order valence-corrected chi connectivity index (χ2v) is 3.33. The first-order chi connectivity index (χ1) is 7.26. The topological polar surface area (TPSA) is 49.7 Å². The lowest BCUT2D eigenvalue weighted by Crippen LogP contribution is -2.17. The summed E-state index contributed by atoms with van der Waals surface area (Å²) in [7, 11) is 0. The summed E-state index contributed by atoms with van der Waals surface area (Å²) in [5, 5.41) is 17.6. The van der Waals surface area contributed by atoms with E-state index >= 15 is 0 Å². The molecular formula is C11H15FO3. The zero-order chi connectivity index (χ0) is 11.1. The van der Waals surface area contributed by atoms with E-state index in [4.69, 9.17) is 14.9 Å². The normalized spacial score (nSPS) is 12.5. The summed E-state index contributed by atoms with van der Waals surface area (Å²) >= 11 is 0. The summed E-state index contributed by atoms with van der Waals surface area (Å²) in [4.78, 5) is 0. The van der Waals surface area contributed by atoms with E-state index in [0.717, 1.165) is 0 Å². The first kappa shape index (κ1) is 11.9. The van der Waals surface area contributed by atoms with Crippen LogP contribution in [-0.2, 0) is 0 Å². The van der Waals surface area contributed by atoms with Crippen LogP contribution in [0.25, 0.3) is 0 Å². The van der Waals surface area contributed by atoms with E-state index in [-0.39, 0.29) is 31.6 Å². The molecule has 0 amide bonds. The number of rotatable bonds is 6. The van der Waals surface area contributed by atoms with Gasteiger partial charge in [0.1, 0.15) is 11.6 Å². The molecule has 3 nitrogen and oxygen atoms in total. The minimum absolute atomic E-state index is 0.0116. The fourth-order valence-corrected chi connectivity index (χ4v) is 1.18. The van der Waals surface area contributed by atoms with E-state index in [9.17, 15) is 4.39 Å². The Kier molecular flexibility index (Phi) is 5.07. The number of benzene rings is 1. The summed E-state index contributed by atoms with van der Waals surface area (Å²) in [6.45, 7) is 0.244. The maximum Gasteiger partial charge on any atom is 0.126 e. The monoisotopic (exact) mass is 214 g/mol. The van der Waals surface area contributed by atoms with Crippen molar-refractivity contribution in [3.05, 3.63) is 30.1 Å². The Morgan fingerprint density at radius 2 is 2.13 bits per heavy atom. The Balaban J connectivity index is 2.41. The van der Waals surface area contributed by atoms with Gasteiger partial charge in [0.2, 0.25) is 0 Å². The molecule has 1 unspecified atom stereocenters. The zero-order valence-corrected chi connectivity index (χ0v) is 8.40. The number of aliphatic hydroxyl groups is 2. The van der Waals surface area contributed by atoms with E-state index in [2.05, 4.69) is 0 Å². The van der Waals surface area contributed by atoms with Gasteiger partial charge in [0.25, 0.3) is 0 Å².